The maximum atomic E-state index is 13.8. The minimum absolute atomic E-state index is 0.00667. The van der Waals surface area contributed by atoms with Gasteiger partial charge in [-0.25, -0.2) is 0 Å². The predicted octanol–water partition coefficient (Wildman–Crippen LogP) is 5.51. The number of hydrogen-bond acceptors (Lipinski definition) is 6. The van der Waals surface area contributed by atoms with E-state index in [1.165, 1.54) is 25.7 Å². The van der Waals surface area contributed by atoms with Gasteiger partial charge in [-0.2, -0.15) is 0 Å². The molecule has 0 saturated carbocycles. The van der Waals surface area contributed by atoms with E-state index in [4.69, 9.17) is 14.2 Å². The lowest BCUT2D eigenvalue weighted by Gasteiger charge is -2.30. The van der Waals surface area contributed by atoms with E-state index in [0.29, 0.717) is 35.3 Å². The topological polar surface area (TPSA) is 68.8 Å². The van der Waals surface area contributed by atoms with Crippen molar-refractivity contribution < 1.29 is 19.0 Å². The molecule has 2 heterocycles. The lowest BCUT2D eigenvalue weighted by molar-refractivity contribution is 0.103. The van der Waals surface area contributed by atoms with Crippen LogP contribution in [0.15, 0.2) is 30.3 Å². The summed E-state index contributed by atoms with van der Waals surface area (Å²) in [5.41, 5.74) is 2.90. The van der Waals surface area contributed by atoms with Crippen molar-refractivity contribution in [3.05, 3.63) is 41.5 Å². The zero-order valence-electron chi connectivity index (χ0n) is 21.9. The van der Waals surface area contributed by atoms with Crippen LogP contribution in [0.2, 0.25) is 0 Å². The van der Waals surface area contributed by atoms with Crippen LogP contribution in [-0.4, -0.2) is 49.8 Å². The Morgan fingerprint density at radius 3 is 2.00 bits per heavy atom. The van der Waals surface area contributed by atoms with Gasteiger partial charge in [0.25, 0.3) is 0 Å². The highest BCUT2D eigenvalue weighted by molar-refractivity contribution is 6.25. The standard InChI is InChI=1S/C30H40N2O4/c1-4-18-34-24-14-15-26(36-20(3)23-12-6-8-17-32-23)29-28(24)27-21(30(29)33)10-9-13-25(27)35-19(2)22-11-5-7-16-31-22/h9-10,13-15,19-20,22-23,31-32H,4-8,11-12,16-18H2,1-3H3. The molecule has 5 rings (SSSR count). The van der Waals surface area contributed by atoms with Crippen LogP contribution in [0.4, 0.5) is 0 Å². The van der Waals surface area contributed by atoms with E-state index in [0.717, 1.165) is 49.2 Å². The second kappa shape index (κ2) is 11.2. The summed E-state index contributed by atoms with van der Waals surface area (Å²) in [4.78, 5) is 13.8. The predicted molar refractivity (Wildman–Crippen MR) is 143 cm³/mol. The first-order valence-electron chi connectivity index (χ1n) is 13.9. The van der Waals surface area contributed by atoms with Crippen LogP contribution in [0, 0.1) is 0 Å². The van der Waals surface area contributed by atoms with Crippen molar-refractivity contribution in [1.29, 1.82) is 0 Å². The third-order valence-corrected chi connectivity index (χ3v) is 7.79. The van der Waals surface area contributed by atoms with Crippen LogP contribution < -0.4 is 24.8 Å². The first-order chi connectivity index (χ1) is 17.6. The summed E-state index contributed by atoms with van der Waals surface area (Å²) in [6.07, 6.45) is 7.85. The maximum Gasteiger partial charge on any atom is 0.198 e. The number of piperidine rings is 2. The molecule has 0 bridgehead atoms. The number of fused-ring (bicyclic) bond motifs is 3. The number of nitrogens with one attached hydrogen (secondary N) is 2. The quantitative estimate of drug-likeness (QED) is 0.411. The maximum absolute atomic E-state index is 13.8. The van der Waals surface area contributed by atoms with Crippen LogP contribution in [0.5, 0.6) is 17.2 Å². The molecule has 36 heavy (non-hydrogen) atoms. The molecule has 3 aliphatic rings. The Morgan fingerprint density at radius 1 is 0.806 bits per heavy atom. The van der Waals surface area contributed by atoms with Crippen molar-refractivity contribution in [2.45, 2.75) is 90.0 Å². The lowest BCUT2D eigenvalue weighted by Crippen LogP contribution is -2.44. The molecule has 2 saturated heterocycles. The average Bonchev–Trinajstić information content (AvgIpc) is 3.23. The number of ketones is 1. The smallest absolute Gasteiger partial charge is 0.198 e. The average molecular weight is 493 g/mol. The Labute approximate surface area is 215 Å². The minimum atomic E-state index is -0.0403. The molecule has 0 amide bonds. The second-order valence-electron chi connectivity index (χ2n) is 10.4. The largest absolute Gasteiger partial charge is 0.493 e. The molecule has 2 N–H and O–H groups in total. The van der Waals surface area contributed by atoms with Gasteiger partial charge >= 0.3 is 0 Å². The van der Waals surface area contributed by atoms with Gasteiger partial charge in [0.05, 0.1) is 12.2 Å². The molecule has 2 aromatic rings. The molecular weight excluding hydrogens is 452 g/mol. The number of hydrogen-bond donors (Lipinski definition) is 2. The van der Waals surface area contributed by atoms with Crippen molar-refractivity contribution in [1.82, 2.24) is 10.6 Å². The molecule has 0 aromatic heterocycles. The van der Waals surface area contributed by atoms with Gasteiger partial charge in [-0.3, -0.25) is 4.79 Å². The van der Waals surface area contributed by atoms with Crippen LogP contribution in [0.25, 0.3) is 11.1 Å². The van der Waals surface area contributed by atoms with Crippen LogP contribution in [0.3, 0.4) is 0 Å². The molecule has 194 valence electrons. The first-order valence-corrected chi connectivity index (χ1v) is 13.9. The Morgan fingerprint density at radius 2 is 1.42 bits per heavy atom. The Hall–Kier alpha value is -2.57. The monoisotopic (exact) mass is 492 g/mol. The van der Waals surface area contributed by atoms with Gasteiger partial charge in [-0.15, -0.1) is 0 Å². The molecule has 6 nitrogen and oxygen atoms in total. The van der Waals surface area contributed by atoms with E-state index < -0.39 is 0 Å². The normalized spacial score (nSPS) is 22.9. The summed E-state index contributed by atoms with van der Waals surface area (Å²) in [6.45, 7) is 8.92. The molecule has 4 unspecified atom stereocenters. The molecule has 0 radical (unpaired) electrons. The Bertz CT molecular complexity index is 1070. The zero-order chi connectivity index (χ0) is 25.1. The number of carbonyl (C=O) groups is 1. The van der Waals surface area contributed by atoms with E-state index in [1.807, 2.05) is 30.3 Å². The summed E-state index contributed by atoms with van der Waals surface area (Å²) in [5.74, 6) is 2.06. The van der Waals surface area contributed by atoms with E-state index >= 15 is 0 Å². The molecule has 2 fully saturated rings. The Kier molecular flexibility index (Phi) is 7.82. The van der Waals surface area contributed by atoms with E-state index in [-0.39, 0.29) is 24.0 Å². The van der Waals surface area contributed by atoms with Gasteiger partial charge in [0.15, 0.2) is 5.78 Å². The molecular formula is C30H40N2O4. The SMILES string of the molecule is CCCOc1ccc(OC(C)C2CCCCN2)c2c1-c1c(OC(C)C3CCCCN3)cccc1C2=O. The molecule has 6 heteroatoms. The summed E-state index contributed by atoms with van der Waals surface area (Å²) in [7, 11) is 0. The van der Waals surface area contributed by atoms with Crippen LogP contribution in [0.1, 0.15) is 81.6 Å². The minimum Gasteiger partial charge on any atom is -0.493 e. The number of benzene rings is 2. The van der Waals surface area contributed by atoms with Gasteiger partial charge in [0.2, 0.25) is 0 Å². The highest BCUT2D eigenvalue weighted by Gasteiger charge is 2.37. The van der Waals surface area contributed by atoms with E-state index in [1.54, 1.807) is 0 Å². The van der Waals surface area contributed by atoms with Crippen molar-refractivity contribution in [2.75, 3.05) is 19.7 Å². The van der Waals surface area contributed by atoms with Crippen LogP contribution in [-0.2, 0) is 0 Å². The van der Waals surface area contributed by atoms with Gasteiger partial charge < -0.3 is 24.8 Å². The lowest BCUT2D eigenvalue weighted by atomic mass is 9.99. The van der Waals surface area contributed by atoms with Gasteiger partial charge in [-0.1, -0.05) is 31.9 Å². The highest BCUT2D eigenvalue weighted by Crippen LogP contribution is 2.51. The Balaban J connectivity index is 1.51. The van der Waals surface area contributed by atoms with E-state index in [9.17, 15) is 4.79 Å². The molecule has 0 spiro atoms. The first kappa shape index (κ1) is 25.1. The van der Waals surface area contributed by atoms with Crippen molar-refractivity contribution >= 4 is 5.78 Å². The number of rotatable bonds is 9. The van der Waals surface area contributed by atoms with Gasteiger partial charge in [0, 0.05) is 28.8 Å². The van der Waals surface area contributed by atoms with Gasteiger partial charge in [-0.05, 0) is 77.2 Å². The third kappa shape index (κ3) is 4.98. The number of ether oxygens (including phenoxy) is 3. The summed E-state index contributed by atoms with van der Waals surface area (Å²) >= 11 is 0. The molecule has 2 aromatic carbocycles. The summed E-state index contributed by atoms with van der Waals surface area (Å²) in [6, 6.07) is 10.2. The third-order valence-electron chi connectivity index (χ3n) is 7.79. The molecule has 2 aliphatic heterocycles. The fraction of sp³-hybridized carbons (Fsp3) is 0.567. The van der Waals surface area contributed by atoms with Crippen molar-refractivity contribution in [2.24, 2.45) is 0 Å². The fourth-order valence-corrected chi connectivity index (χ4v) is 5.80. The van der Waals surface area contributed by atoms with E-state index in [2.05, 4.69) is 31.4 Å². The van der Waals surface area contributed by atoms with Crippen LogP contribution >= 0.6 is 0 Å². The molecule has 1 aliphatic carbocycles. The fourth-order valence-electron chi connectivity index (χ4n) is 5.80. The molecule has 4 atom stereocenters. The summed E-state index contributed by atoms with van der Waals surface area (Å²) in [5, 5.41) is 7.17. The second-order valence-corrected chi connectivity index (χ2v) is 10.4. The van der Waals surface area contributed by atoms with Crippen molar-refractivity contribution in [3.8, 4) is 28.4 Å². The summed E-state index contributed by atoms with van der Waals surface area (Å²) < 4.78 is 19.2. The van der Waals surface area contributed by atoms with Gasteiger partial charge in [0.1, 0.15) is 29.5 Å². The number of carbonyl (C=O) groups excluding carboxylic acids is 1. The zero-order valence-corrected chi connectivity index (χ0v) is 21.9. The van der Waals surface area contributed by atoms with Crippen molar-refractivity contribution in [3.63, 3.8) is 0 Å². The highest BCUT2D eigenvalue weighted by atomic mass is 16.5.